The number of nitrogens with one attached hydrogen (secondary N) is 1. The van der Waals surface area contributed by atoms with E-state index in [4.69, 9.17) is 10.6 Å². The molecule has 18 heavy (non-hydrogen) atoms. The Bertz CT molecular complexity index is 494. The molecule has 0 saturated carbocycles. The van der Waals surface area contributed by atoms with Crippen molar-refractivity contribution in [2.75, 3.05) is 7.11 Å². The van der Waals surface area contributed by atoms with Crippen molar-refractivity contribution in [1.82, 2.24) is 25.6 Å². The molecule has 1 unspecified atom stereocenters. The van der Waals surface area contributed by atoms with Crippen LogP contribution in [-0.2, 0) is 13.5 Å². The Morgan fingerprint density at radius 2 is 2.11 bits per heavy atom. The molecule has 0 bridgehead atoms. The van der Waals surface area contributed by atoms with Crippen molar-refractivity contribution in [3.8, 4) is 5.75 Å². The first-order valence-electron chi connectivity index (χ1n) is 5.56. The van der Waals surface area contributed by atoms with Gasteiger partial charge in [0.2, 0.25) is 0 Å². The highest BCUT2D eigenvalue weighted by atomic mass is 16.5. The van der Waals surface area contributed by atoms with E-state index in [9.17, 15) is 0 Å². The number of rotatable bonds is 5. The molecule has 3 N–H and O–H groups in total. The Morgan fingerprint density at radius 3 is 2.61 bits per heavy atom. The first kappa shape index (κ1) is 12.5. The lowest BCUT2D eigenvalue weighted by Crippen LogP contribution is -2.29. The van der Waals surface area contributed by atoms with Crippen LogP contribution in [0.3, 0.4) is 0 Å². The Labute approximate surface area is 105 Å². The normalized spacial score (nSPS) is 12.4. The molecule has 0 aliphatic rings. The summed E-state index contributed by atoms with van der Waals surface area (Å²) in [6.45, 7) is 0. The van der Waals surface area contributed by atoms with Gasteiger partial charge in [-0.05, 0) is 22.9 Å². The van der Waals surface area contributed by atoms with Gasteiger partial charge in [-0.15, -0.1) is 10.2 Å². The molecule has 0 aliphatic carbocycles. The monoisotopic (exact) mass is 248 g/mol. The summed E-state index contributed by atoms with van der Waals surface area (Å²) in [5.41, 5.74) is 3.80. The Morgan fingerprint density at radius 1 is 1.39 bits per heavy atom. The third-order valence-electron chi connectivity index (χ3n) is 2.66. The maximum atomic E-state index is 5.57. The van der Waals surface area contributed by atoms with Gasteiger partial charge < -0.3 is 4.74 Å². The highest BCUT2D eigenvalue weighted by molar-refractivity contribution is 5.29. The smallest absolute Gasteiger partial charge is 0.176 e. The SMILES string of the molecule is COc1ccc(C(Cc2nnn(C)n2)NN)cc1. The number of hydrazine groups is 1. The Balaban J connectivity index is 2.12. The third kappa shape index (κ3) is 2.82. The van der Waals surface area contributed by atoms with Gasteiger partial charge in [0, 0.05) is 6.42 Å². The summed E-state index contributed by atoms with van der Waals surface area (Å²) in [5.74, 6) is 7.03. The fraction of sp³-hybridized carbons (Fsp3) is 0.364. The van der Waals surface area contributed by atoms with Crippen LogP contribution in [-0.4, -0.2) is 27.3 Å². The zero-order valence-corrected chi connectivity index (χ0v) is 10.4. The first-order valence-corrected chi connectivity index (χ1v) is 5.56. The van der Waals surface area contributed by atoms with Crippen molar-refractivity contribution in [3.63, 3.8) is 0 Å². The number of aromatic nitrogens is 4. The lowest BCUT2D eigenvalue weighted by Gasteiger charge is -2.14. The predicted octanol–water partition coefficient (Wildman–Crippen LogP) is -0.0342. The maximum absolute atomic E-state index is 5.57. The van der Waals surface area contributed by atoms with Gasteiger partial charge in [0.25, 0.3) is 0 Å². The molecule has 0 aliphatic heterocycles. The van der Waals surface area contributed by atoms with Gasteiger partial charge in [0.15, 0.2) is 5.82 Å². The average molecular weight is 248 g/mol. The summed E-state index contributed by atoms with van der Waals surface area (Å²) in [6, 6.07) is 7.65. The minimum Gasteiger partial charge on any atom is -0.497 e. The molecule has 7 nitrogen and oxygen atoms in total. The molecule has 2 aromatic rings. The summed E-state index contributed by atoms with van der Waals surface area (Å²) in [6.07, 6.45) is 0.580. The highest BCUT2D eigenvalue weighted by Crippen LogP contribution is 2.19. The van der Waals surface area contributed by atoms with Gasteiger partial charge >= 0.3 is 0 Å². The number of hydrogen-bond acceptors (Lipinski definition) is 6. The molecule has 2 rings (SSSR count). The van der Waals surface area contributed by atoms with E-state index in [2.05, 4.69) is 20.8 Å². The van der Waals surface area contributed by atoms with Crippen molar-refractivity contribution >= 4 is 0 Å². The maximum Gasteiger partial charge on any atom is 0.176 e. The average Bonchev–Trinajstić information content (AvgIpc) is 2.82. The summed E-state index contributed by atoms with van der Waals surface area (Å²) in [5, 5.41) is 11.9. The van der Waals surface area contributed by atoms with Gasteiger partial charge in [-0.2, -0.15) is 4.80 Å². The van der Waals surface area contributed by atoms with E-state index in [-0.39, 0.29) is 6.04 Å². The minimum absolute atomic E-state index is 0.0555. The molecular weight excluding hydrogens is 232 g/mol. The van der Waals surface area contributed by atoms with Crippen LogP contribution in [0.5, 0.6) is 5.75 Å². The zero-order valence-electron chi connectivity index (χ0n) is 10.4. The second kappa shape index (κ2) is 5.56. The van der Waals surface area contributed by atoms with E-state index < -0.39 is 0 Å². The number of hydrogen-bond donors (Lipinski definition) is 2. The molecule has 0 amide bonds. The molecule has 1 aromatic carbocycles. The fourth-order valence-corrected chi connectivity index (χ4v) is 1.70. The van der Waals surface area contributed by atoms with Gasteiger partial charge in [-0.1, -0.05) is 12.1 Å². The molecule has 1 atom stereocenters. The number of tetrazole rings is 1. The predicted molar refractivity (Wildman–Crippen MR) is 65.6 cm³/mol. The van der Waals surface area contributed by atoms with Crippen LogP contribution in [0.4, 0.5) is 0 Å². The third-order valence-corrected chi connectivity index (χ3v) is 2.66. The van der Waals surface area contributed by atoms with Crippen LogP contribution in [0.25, 0.3) is 0 Å². The standard InChI is InChI=1S/C11H16N6O/c1-17-15-11(14-16-17)7-10(13-12)8-3-5-9(18-2)6-4-8/h3-6,10,13H,7,12H2,1-2H3. The molecule has 0 fully saturated rings. The molecule has 0 saturated heterocycles. The number of nitrogens with zero attached hydrogens (tertiary/aromatic N) is 4. The number of ether oxygens (including phenoxy) is 1. The highest BCUT2D eigenvalue weighted by Gasteiger charge is 2.13. The van der Waals surface area contributed by atoms with Crippen molar-refractivity contribution in [2.24, 2.45) is 12.9 Å². The molecule has 0 spiro atoms. The van der Waals surface area contributed by atoms with E-state index in [1.807, 2.05) is 24.3 Å². The lowest BCUT2D eigenvalue weighted by molar-refractivity contribution is 0.414. The van der Waals surface area contributed by atoms with Crippen LogP contribution < -0.4 is 16.0 Å². The second-order valence-electron chi connectivity index (χ2n) is 3.89. The molecule has 1 heterocycles. The van der Waals surface area contributed by atoms with Crippen molar-refractivity contribution in [1.29, 1.82) is 0 Å². The van der Waals surface area contributed by atoms with Crippen LogP contribution in [0, 0.1) is 0 Å². The summed E-state index contributed by atoms with van der Waals surface area (Å²) in [7, 11) is 3.37. The van der Waals surface area contributed by atoms with Crippen molar-refractivity contribution in [2.45, 2.75) is 12.5 Å². The Hall–Kier alpha value is -1.99. The van der Waals surface area contributed by atoms with E-state index in [0.717, 1.165) is 11.3 Å². The number of benzene rings is 1. The van der Waals surface area contributed by atoms with Crippen LogP contribution in [0.1, 0.15) is 17.4 Å². The summed E-state index contributed by atoms with van der Waals surface area (Å²) >= 11 is 0. The molecule has 0 radical (unpaired) electrons. The first-order chi connectivity index (χ1) is 8.72. The van der Waals surface area contributed by atoms with Crippen LogP contribution >= 0.6 is 0 Å². The topological polar surface area (TPSA) is 90.9 Å². The number of aryl methyl sites for hydroxylation is 1. The largest absolute Gasteiger partial charge is 0.497 e. The summed E-state index contributed by atoms with van der Waals surface area (Å²) in [4.78, 5) is 1.43. The van der Waals surface area contributed by atoms with E-state index >= 15 is 0 Å². The van der Waals surface area contributed by atoms with Gasteiger partial charge in [-0.25, -0.2) is 0 Å². The van der Waals surface area contributed by atoms with Gasteiger partial charge in [-0.3, -0.25) is 11.3 Å². The zero-order chi connectivity index (χ0) is 13.0. The van der Waals surface area contributed by atoms with Crippen molar-refractivity contribution in [3.05, 3.63) is 35.7 Å². The van der Waals surface area contributed by atoms with Crippen LogP contribution in [0.2, 0.25) is 0 Å². The number of methoxy groups -OCH3 is 1. The number of nitrogens with two attached hydrogens (primary N) is 1. The molecular formula is C11H16N6O. The second-order valence-corrected chi connectivity index (χ2v) is 3.89. The van der Waals surface area contributed by atoms with Crippen molar-refractivity contribution < 1.29 is 4.74 Å². The lowest BCUT2D eigenvalue weighted by atomic mass is 10.0. The van der Waals surface area contributed by atoms with Gasteiger partial charge in [0.05, 0.1) is 20.2 Å². The molecule has 1 aromatic heterocycles. The van der Waals surface area contributed by atoms with E-state index in [0.29, 0.717) is 12.2 Å². The van der Waals surface area contributed by atoms with Crippen LogP contribution in [0.15, 0.2) is 24.3 Å². The Kier molecular flexibility index (Phi) is 3.85. The molecule has 96 valence electrons. The minimum atomic E-state index is -0.0555. The van der Waals surface area contributed by atoms with E-state index in [1.54, 1.807) is 14.2 Å². The fourth-order valence-electron chi connectivity index (χ4n) is 1.70. The van der Waals surface area contributed by atoms with E-state index in [1.165, 1.54) is 4.80 Å². The summed E-state index contributed by atoms with van der Waals surface area (Å²) < 4.78 is 5.11. The van der Waals surface area contributed by atoms with Gasteiger partial charge in [0.1, 0.15) is 5.75 Å². The molecule has 7 heteroatoms. The quantitative estimate of drug-likeness (QED) is 0.570.